The minimum Gasteiger partial charge on any atom is -0.332 e. The van der Waals surface area contributed by atoms with Crippen molar-refractivity contribution in [3.8, 4) is 0 Å². The molecular weight excluding hydrogens is 248 g/mol. The molecule has 1 heterocycles. The summed E-state index contributed by atoms with van der Waals surface area (Å²) in [5.74, 6) is 0.266. The Balaban J connectivity index is 2.09. The van der Waals surface area contributed by atoms with E-state index in [1.807, 2.05) is 13.0 Å². The first-order valence-corrected chi connectivity index (χ1v) is 7.52. The number of rotatable bonds is 3. The zero-order valence-electron chi connectivity index (χ0n) is 13.1. The van der Waals surface area contributed by atoms with Crippen molar-refractivity contribution < 1.29 is 4.79 Å². The lowest BCUT2D eigenvalue weighted by atomic mass is 9.94. The van der Waals surface area contributed by atoms with E-state index < -0.39 is 0 Å². The first-order chi connectivity index (χ1) is 9.44. The summed E-state index contributed by atoms with van der Waals surface area (Å²) in [6, 6.07) is 10.8. The molecule has 0 saturated carbocycles. The van der Waals surface area contributed by atoms with Crippen LogP contribution in [0.15, 0.2) is 30.3 Å². The number of carbonyl (C=O) groups is 1. The zero-order chi connectivity index (χ0) is 14.8. The van der Waals surface area contributed by atoms with Crippen LogP contribution in [0.2, 0.25) is 0 Å². The van der Waals surface area contributed by atoms with E-state index in [9.17, 15) is 4.79 Å². The molecular formula is C17H26N2O. The van der Waals surface area contributed by atoms with Crippen LogP contribution in [0, 0.1) is 0 Å². The molecule has 0 aromatic heterocycles. The van der Waals surface area contributed by atoms with Gasteiger partial charge in [0.05, 0.1) is 5.54 Å². The van der Waals surface area contributed by atoms with Crippen molar-refractivity contribution in [3.63, 3.8) is 0 Å². The van der Waals surface area contributed by atoms with Gasteiger partial charge in [-0.15, -0.1) is 0 Å². The van der Waals surface area contributed by atoms with Gasteiger partial charge in [-0.05, 0) is 26.3 Å². The van der Waals surface area contributed by atoms with Gasteiger partial charge in [-0.3, -0.25) is 9.69 Å². The van der Waals surface area contributed by atoms with Crippen LogP contribution >= 0.6 is 0 Å². The van der Waals surface area contributed by atoms with Gasteiger partial charge in [0.15, 0.2) is 0 Å². The first kappa shape index (κ1) is 15.0. The molecule has 20 heavy (non-hydrogen) atoms. The lowest BCUT2D eigenvalue weighted by molar-refractivity contribution is -0.145. The summed E-state index contributed by atoms with van der Waals surface area (Å²) in [7, 11) is 0. The highest BCUT2D eigenvalue weighted by Gasteiger charge is 2.39. The van der Waals surface area contributed by atoms with Gasteiger partial charge in [0.1, 0.15) is 0 Å². The molecule has 1 amide bonds. The van der Waals surface area contributed by atoms with Gasteiger partial charge in [0.2, 0.25) is 5.91 Å². The maximum absolute atomic E-state index is 12.2. The van der Waals surface area contributed by atoms with Crippen molar-refractivity contribution >= 4 is 5.91 Å². The highest BCUT2D eigenvalue weighted by atomic mass is 16.2. The molecule has 1 saturated heterocycles. The summed E-state index contributed by atoms with van der Waals surface area (Å²) in [5, 5.41) is 0. The Morgan fingerprint density at radius 2 is 1.95 bits per heavy atom. The Labute approximate surface area is 122 Å². The van der Waals surface area contributed by atoms with Crippen LogP contribution in [-0.4, -0.2) is 40.4 Å². The highest BCUT2D eigenvalue weighted by molar-refractivity contribution is 5.77. The van der Waals surface area contributed by atoms with Crippen LogP contribution in [0.4, 0.5) is 0 Å². The fourth-order valence-corrected chi connectivity index (χ4v) is 3.46. The molecule has 0 aliphatic carbocycles. The van der Waals surface area contributed by atoms with E-state index in [0.717, 1.165) is 19.6 Å². The van der Waals surface area contributed by atoms with Crippen LogP contribution in [0.3, 0.4) is 0 Å². The number of nitrogens with zero attached hydrogens (tertiary/aromatic N) is 2. The first-order valence-electron chi connectivity index (χ1n) is 7.52. The second kappa shape index (κ2) is 5.96. The van der Waals surface area contributed by atoms with Crippen molar-refractivity contribution in [2.45, 2.75) is 52.2 Å². The average molecular weight is 274 g/mol. The largest absolute Gasteiger partial charge is 0.332 e. The molecule has 0 bridgehead atoms. The molecule has 0 spiro atoms. The maximum Gasteiger partial charge on any atom is 0.223 e. The summed E-state index contributed by atoms with van der Waals surface area (Å²) >= 11 is 0. The Hall–Kier alpha value is -1.35. The standard InChI is InChI=1S/C17H26N2O/c1-5-16(20)19-14(2)11-18(13-17(19,3)4)12-15-9-7-6-8-10-15/h6-10,14H,5,11-13H2,1-4H3/t14-/m0/s1. The van der Waals surface area contributed by atoms with Crippen molar-refractivity contribution in [2.24, 2.45) is 0 Å². The lowest BCUT2D eigenvalue weighted by Gasteiger charge is -2.51. The molecule has 1 aromatic rings. The van der Waals surface area contributed by atoms with Crippen LogP contribution in [0.1, 0.15) is 39.7 Å². The molecule has 2 rings (SSSR count). The van der Waals surface area contributed by atoms with E-state index in [1.54, 1.807) is 0 Å². The molecule has 1 aromatic carbocycles. The van der Waals surface area contributed by atoms with E-state index in [0.29, 0.717) is 6.42 Å². The summed E-state index contributed by atoms with van der Waals surface area (Å²) in [5.41, 5.74) is 1.24. The van der Waals surface area contributed by atoms with E-state index in [1.165, 1.54) is 5.56 Å². The summed E-state index contributed by atoms with van der Waals surface area (Å²) < 4.78 is 0. The second-order valence-electron chi connectivity index (χ2n) is 6.43. The van der Waals surface area contributed by atoms with E-state index in [2.05, 4.69) is 54.8 Å². The summed E-state index contributed by atoms with van der Waals surface area (Å²) in [6.07, 6.45) is 0.590. The second-order valence-corrected chi connectivity index (χ2v) is 6.43. The van der Waals surface area contributed by atoms with Gasteiger partial charge in [-0.1, -0.05) is 37.3 Å². The zero-order valence-corrected chi connectivity index (χ0v) is 13.1. The predicted octanol–water partition coefficient (Wildman–Crippen LogP) is 2.91. The summed E-state index contributed by atoms with van der Waals surface area (Å²) in [4.78, 5) is 16.7. The molecule has 0 radical (unpaired) electrons. The van der Waals surface area contributed by atoms with Crippen molar-refractivity contribution in [1.29, 1.82) is 0 Å². The third-order valence-electron chi connectivity index (χ3n) is 4.05. The number of carbonyl (C=O) groups excluding carboxylic acids is 1. The van der Waals surface area contributed by atoms with E-state index >= 15 is 0 Å². The molecule has 1 atom stereocenters. The quantitative estimate of drug-likeness (QED) is 0.846. The fourth-order valence-electron chi connectivity index (χ4n) is 3.46. The Morgan fingerprint density at radius 3 is 2.50 bits per heavy atom. The van der Waals surface area contributed by atoms with Crippen molar-refractivity contribution in [3.05, 3.63) is 35.9 Å². The van der Waals surface area contributed by atoms with Crippen LogP contribution in [-0.2, 0) is 11.3 Å². The Bertz CT molecular complexity index is 455. The van der Waals surface area contributed by atoms with Gasteiger partial charge in [0, 0.05) is 32.1 Å². The topological polar surface area (TPSA) is 23.6 Å². The van der Waals surface area contributed by atoms with Gasteiger partial charge >= 0.3 is 0 Å². The Kier molecular flexibility index (Phi) is 4.48. The van der Waals surface area contributed by atoms with Crippen LogP contribution < -0.4 is 0 Å². The molecule has 1 fully saturated rings. The number of benzene rings is 1. The van der Waals surface area contributed by atoms with Gasteiger partial charge < -0.3 is 4.90 Å². The monoisotopic (exact) mass is 274 g/mol. The van der Waals surface area contributed by atoms with Crippen LogP contribution in [0.5, 0.6) is 0 Å². The Morgan fingerprint density at radius 1 is 1.30 bits per heavy atom. The molecule has 3 heteroatoms. The normalized spacial score (nSPS) is 22.8. The fraction of sp³-hybridized carbons (Fsp3) is 0.588. The molecule has 3 nitrogen and oxygen atoms in total. The highest BCUT2D eigenvalue weighted by Crippen LogP contribution is 2.27. The van der Waals surface area contributed by atoms with Crippen LogP contribution in [0.25, 0.3) is 0 Å². The molecule has 1 aliphatic rings. The molecule has 0 unspecified atom stereocenters. The lowest BCUT2D eigenvalue weighted by Crippen LogP contribution is -2.64. The minimum atomic E-state index is -0.0977. The molecule has 110 valence electrons. The van der Waals surface area contributed by atoms with Gasteiger partial charge in [0.25, 0.3) is 0 Å². The molecule has 0 N–H and O–H groups in total. The SMILES string of the molecule is CCC(=O)N1[C@@H](C)CN(Cc2ccccc2)CC1(C)C. The number of hydrogen-bond donors (Lipinski definition) is 0. The number of hydrogen-bond acceptors (Lipinski definition) is 2. The average Bonchev–Trinajstić information content (AvgIpc) is 2.37. The number of piperazine rings is 1. The minimum absolute atomic E-state index is 0.0977. The van der Waals surface area contributed by atoms with E-state index in [-0.39, 0.29) is 17.5 Å². The predicted molar refractivity (Wildman–Crippen MR) is 82.4 cm³/mol. The van der Waals surface area contributed by atoms with Crippen molar-refractivity contribution in [1.82, 2.24) is 9.80 Å². The van der Waals surface area contributed by atoms with Crippen molar-refractivity contribution in [2.75, 3.05) is 13.1 Å². The van der Waals surface area contributed by atoms with Gasteiger partial charge in [-0.25, -0.2) is 0 Å². The third kappa shape index (κ3) is 3.21. The maximum atomic E-state index is 12.2. The third-order valence-corrected chi connectivity index (χ3v) is 4.05. The van der Waals surface area contributed by atoms with Gasteiger partial charge in [-0.2, -0.15) is 0 Å². The van der Waals surface area contributed by atoms with E-state index in [4.69, 9.17) is 0 Å². The smallest absolute Gasteiger partial charge is 0.223 e. The number of amides is 1. The molecule has 1 aliphatic heterocycles. The summed E-state index contributed by atoms with van der Waals surface area (Å²) in [6.45, 7) is 11.3.